The molecule has 0 fully saturated rings. The average Bonchev–Trinajstić information content (AvgIpc) is 3.21. The summed E-state index contributed by atoms with van der Waals surface area (Å²) >= 11 is 1.47. The van der Waals surface area contributed by atoms with Crippen LogP contribution in [0, 0.1) is 5.82 Å². The van der Waals surface area contributed by atoms with Crippen LogP contribution >= 0.6 is 11.3 Å². The number of amides is 1. The molecule has 6 nitrogen and oxygen atoms in total. The zero-order valence-corrected chi connectivity index (χ0v) is 16.4. The van der Waals surface area contributed by atoms with Gasteiger partial charge in [0.2, 0.25) is 0 Å². The topological polar surface area (TPSA) is 84.5 Å². The number of sulfonamides is 1. The minimum atomic E-state index is -3.80. The van der Waals surface area contributed by atoms with Crippen LogP contribution < -0.4 is 10.2 Å². The molecule has 3 rings (SSSR count). The Kier molecular flexibility index (Phi) is 6.20. The number of hydrogen-bond acceptors (Lipinski definition) is 5. The Bertz CT molecular complexity index is 1030. The minimum absolute atomic E-state index is 0.0285. The van der Waals surface area contributed by atoms with Gasteiger partial charge in [-0.3, -0.25) is 9.63 Å². The van der Waals surface area contributed by atoms with Crippen molar-refractivity contribution in [1.29, 1.82) is 0 Å². The molecule has 2 aromatic carbocycles. The summed E-state index contributed by atoms with van der Waals surface area (Å²) in [5, 5.41) is 4.80. The molecule has 0 aliphatic heterocycles. The van der Waals surface area contributed by atoms with Crippen molar-refractivity contribution in [2.75, 3.05) is 7.11 Å². The molecule has 0 saturated heterocycles. The molecule has 0 spiro atoms. The molecule has 0 saturated carbocycles. The highest BCUT2D eigenvalue weighted by atomic mass is 32.2. The van der Waals surface area contributed by atoms with E-state index >= 15 is 0 Å². The predicted octanol–water partition coefficient (Wildman–Crippen LogP) is 3.25. The third-order valence-corrected chi connectivity index (χ3v) is 6.14. The molecule has 1 unspecified atom stereocenters. The number of carbonyl (C=O) groups excluding carboxylic acids is 1. The highest BCUT2D eigenvalue weighted by Crippen LogP contribution is 2.26. The first-order valence-corrected chi connectivity index (χ1v) is 10.5. The molecule has 1 atom stereocenters. The molecule has 0 aliphatic rings. The smallest absolute Gasteiger partial charge is 0.262 e. The summed E-state index contributed by atoms with van der Waals surface area (Å²) in [6.45, 7) is 0. The van der Waals surface area contributed by atoms with E-state index in [4.69, 9.17) is 0 Å². The molecule has 28 heavy (non-hydrogen) atoms. The number of nitrogens with one attached hydrogen (secondary N) is 2. The van der Waals surface area contributed by atoms with Crippen LogP contribution in [0.15, 0.2) is 70.9 Å². The number of carbonyl (C=O) groups is 1. The van der Waals surface area contributed by atoms with Crippen molar-refractivity contribution in [2.24, 2.45) is 0 Å². The average molecular weight is 420 g/mol. The van der Waals surface area contributed by atoms with Crippen LogP contribution in [-0.2, 0) is 14.9 Å². The van der Waals surface area contributed by atoms with Gasteiger partial charge in [0.15, 0.2) is 0 Å². The van der Waals surface area contributed by atoms with E-state index in [1.807, 2.05) is 22.4 Å². The fourth-order valence-corrected chi connectivity index (χ4v) is 4.20. The van der Waals surface area contributed by atoms with Gasteiger partial charge < -0.3 is 5.32 Å². The lowest BCUT2D eigenvalue weighted by atomic mass is 10.0. The Morgan fingerprint density at radius 1 is 1.07 bits per heavy atom. The molecule has 2 N–H and O–H groups in total. The summed E-state index contributed by atoms with van der Waals surface area (Å²) in [7, 11) is -2.60. The van der Waals surface area contributed by atoms with Gasteiger partial charge in [-0.05, 0) is 53.4 Å². The van der Waals surface area contributed by atoms with E-state index in [0.717, 1.165) is 10.4 Å². The standard InChI is InChI=1S/C19H17FN2O4S2/c1-26-22-28(24,25)16-10-6-14(7-11-16)19(23)21-18(17-3-2-12-27-17)13-4-8-15(20)9-5-13/h2-12,18,22H,1H3,(H,21,23). The van der Waals surface area contributed by atoms with Crippen LogP contribution in [-0.4, -0.2) is 21.4 Å². The van der Waals surface area contributed by atoms with E-state index in [-0.39, 0.29) is 16.6 Å². The van der Waals surface area contributed by atoms with Crippen molar-refractivity contribution in [3.63, 3.8) is 0 Å². The van der Waals surface area contributed by atoms with Crippen LogP contribution in [0.3, 0.4) is 0 Å². The van der Waals surface area contributed by atoms with E-state index < -0.39 is 16.1 Å². The minimum Gasteiger partial charge on any atom is -0.340 e. The first-order chi connectivity index (χ1) is 13.4. The molecule has 1 aromatic heterocycles. The van der Waals surface area contributed by atoms with Gasteiger partial charge in [-0.25, -0.2) is 12.8 Å². The third kappa shape index (κ3) is 4.63. The molecular weight excluding hydrogens is 403 g/mol. The van der Waals surface area contributed by atoms with Crippen molar-refractivity contribution >= 4 is 27.3 Å². The van der Waals surface area contributed by atoms with Gasteiger partial charge in [-0.15, -0.1) is 11.3 Å². The lowest BCUT2D eigenvalue weighted by Gasteiger charge is -2.18. The summed E-state index contributed by atoms with van der Waals surface area (Å²) in [6.07, 6.45) is 0. The van der Waals surface area contributed by atoms with E-state index in [2.05, 4.69) is 10.2 Å². The zero-order valence-electron chi connectivity index (χ0n) is 14.8. The van der Waals surface area contributed by atoms with E-state index in [0.29, 0.717) is 5.56 Å². The van der Waals surface area contributed by atoms with Crippen molar-refractivity contribution in [2.45, 2.75) is 10.9 Å². The summed E-state index contributed by atoms with van der Waals surface area (Å²) in [4.78, 5) is 19.9. The molecule has 3 aromatic rings. The fraction of sp³-hybridized carbons (Fsp3) is 0.105. The number of rotatable bonds is 7. The van der Waals surface area contributed by atoms with E-state index in [1.165, 1.54) is 54.8 Å². The quantitative estimate of drug-likeness (QED) is 0.575. The Hall–Kier alpha value is -2.59. The largest absolute Gasteiger partial charge is 0.340 e. The van der Waals surface area contributed by atoms with Gasteiger partial charge in [0.1, 0.15) is 5.82 Å². The molecule has 146 valence electrons. The molecule has 0 radical (unpaired) electrons. The maximum atomic E-state index is 13.3. The highest BCUT2D eigenvalue weighted by molar-refractivity contribution is 7.89. The maximum absolute atomic E-state index is 13.3. The summed E-state index contributed by atoms with van der Waals surface area (Å²) in [5.41, 5.74) is 1.03. The van der Waals surface area contributed by atoms with Crippen LogP contribution in [0.1, 0.15) is 26.8 Å². The monoisotopic (exact) mass is 420 g/mol. The van der Waals surface area contributed by atoms with Gasteiger partial charge in [-0.2, -0.15) is 0 Å². The van der Waals surface area contributed by atoms with Crippen LogP contribution in [0.2, 0.25) is 0 Å². The number of halogens is 1. The Morgan fingerprint density at radius 3 is 2.32 bits per heavy atom. The number of hydrogen-bond donors (Lipinski definition) is 2. The first kappa shape index (κ1) is 20.2. The van der Waals surface area contributed by atoms with Crippen LogP contribution in [0.25, 0.3) is 0 Å². The fourth-order valence-electron chi connectivity index (χ4n) is 2.59. The van der Waals surface area contributed by atoms with Gasteiger partial charge in [0, 0.05) is 10.4 Å². The molecule has 9 heteroatoms. The van der Waals surface area contributed by atoms with Crippen molar-refractivity contribution in [3.8, 4) is 0 Å². The predicted molar refractivity (Wildman–Crippen MR) is 104 cm³/mol. The van der Waals surface area contributed by atoms with Crippen LogP contribution in [0.4, 0.5) is 4.39 Å². The van der Waals surface area contributed by atoms with Gasteiger partial charge >= 0.3 is 0 Å². The summed E-state index contributed by atoms with van der Waals surface area (Å²) in [6, 6.07) is 14.7. The van der Waals surface area contributed by atoms with Crippen LogP contribution in [0.5, 0.6) is 0 Å². The Labute approximate surface area is 166 Å². The highest BCUT2D eigenvalue weighted by Gasteiger charge is 2.20. The molecule has 1 heterocycles. The molecule has 0 aliphatic carbocycles. The number of benzene rings is 2. The zero-order chi connectivity index (χ0) is 20.1. The summed E-state index contributed by atoms with van der Waals surface area (Å²) in [5.74, 6) is -0.743. The van der Waals surface area contributed by atoms with Crippen molar-refractivity contribution in [1.82, 2.24) is 10.2 Å². The first-order valence-electron chi connectivity index (χ1n) is 8.15. The van der Waals surface area contributed by atoms with E-state index in [1.54, 1.807) is 12.1 Å². The van der Waals surface area contributed by atoms with Crippen molar-refractivity contribution in [3.05, 3.63) is 87.9 Å². The third-order valence-electron chi connectivity index (χ3n) is 3.93. The SMILES string of the molecule is CONS(=O)(=O)c1ccc(C(=O)NC(c2ccc(F)cc2)c2cccs2)cc1. The van der Waals surface area contributed by atoms with Gasteiger partial charge in [0.05, 0.1) is 18.0 Å². The van der Waals surface area contributed by atoms with Gasteiger partial charge in [-0.1, -0.05) is 23.1 Å². The second-order valence-corrected chi connectivity index (χ2v) is 8.41. The lowest BCUT2D eigenvalue weighted by molar-refractivity contribution is 0.0943. The van der Waals surface area contributed by atoms with Crippen molar-refractivity contribution < 1.29 is 22.4 Å². The van der Waals surface area contributed by atoms with Gasteiger partial charge in [0.25, 0.3) is 15.9 Å². The lowest BCUT2D eigenvalue weighted by Crippen LogP contribution is -2.29. The maximum Gasteiger partial charge on any atom is 0.262 e. The second-order valence-electron chi connectivity index (χ2n) is 5.79. The second kappa shape index (κ2) is 8.61. The summed E-state index contributed by atoms with van der Waals surface area (Å²) < 4.78 is 37.0. The normalized spacial score (nSPS) is 12.5. The Balaban J connectivity index is 1.83. The molecular formula is C19H17FN2O4S2. The van der Waals surface area contributed by atoms with E-state index in [9.17, 15) is 17.6 Å². The Morgan fingerprint density at radius 2 is 1.75 bits per heavy atom. The molecule has 1 amide bonds. The molecule has 0 bridgehead atoms. The number of thiophene rings is 1.